The lowest BCUT2D eigenvalue weighted by Gasteiger charge is -2.21. The quantitative estimate of drug-likeness (QED) is 0.255. The summed E-state index contributed by atoms with van der Waals surface area (Å²) in [5.41, 5.74) is 2.47. The number of hydrogen-bond donors (Lipinski definition) is 1. The summed E-state index contributed by atoms with van der Waals surface area (Å²) in [6, 6.07) is 13.2. The summed E-state index contributed by atoms with van der Waals surface area (Å²) in [4.78, 5) is 22.1. The van der Waals surface area contributed by atoms with Crippen molar-refractivity contribution < 1.29 is 17.9 Å². The molecule has 1 saturated carbocycles. The number of nitrogens with one attached hydrogen (secondary N) is 1. The van der Waals surface area contributed by atoms with E-state index in [2.05, 4.69) is 21.3 Å². The van der Waals surface area contributed by atoms with E-state index in [-0.39, 0.29) is 10.5 Å². The van der Waals surface area contributed by atoms with Crippen molar-refractivity contribution in [2.24, 2.45) is 5.92 Å². The third-order valence-electron chi connectivity index (χ3n) is 7.29. The summed E-state index contributed by atoms with van der Waals surface area (Å²) >= 11 is 6.63. The molecule has 2 heterocycles. The summed E-state index contributed by atoms with van der Waals surface area (Å²) in [6.07, 6.45) is 9.33. The molecule has 1 N–H and O–H groups in total. The zero-order valence-corrected chi connectivity index (χ0v) is 23.8. The molecule has 1 amide bonds. The van der Waals surface area contributed by atoms with E-state index in [1.807, 2.05) is 22.8 Å². The van der Waals surface area contributed by atoms with Crippen molar-refractivity contribution in [3.8, 4) is 5.75 Å². The molecule has 1 aliphatic carbocycles. The molecule has 10 heteroatoms. The maximum Gasteiger partial charge on any atom is 0.267 e. The van der Waals surface area contributed by atoms with E-state index in [1.54, 1.807) is 25.1 Å². The van der Waals surface area contributed by atoms with E-state index in [9.17, 15) is 13.2 Å². The Balaban J connectivity index is 1.34. The van der Waals surface area contributed by atoms with Gasteiger partial charge in [-0.3, -0.25) is 4.79 Å². The van der Waals surface area contributed by atoms with Crippen molar-refractivity contribution in [1.29, 1.82) is 0 Å². The van der Waals surface area contributed by atoms with Gasteiger partial charge in [-0.15, -0.1) is 0 Å². The number of amides is 1. The van der Waals surface area contributed by atoms with Gasteiger partial charge in [0.2, 0.25) is 0 Å². The molecule has 2 aromatic carbocycles. The molecular weight excluding hydrogens is 548 g/mol. The first-order valence-electron chi connectivity index (χ1n) is 13.3. The smallest absolute Gasteiger partial charge is 0.267 e. The second-order valence-corrected chi connectivity index (χ2v) is 12.1. The van der Waals surface area contributed by atoms with Crippen LogP contribution in [0.4, 0.5) is 0 Å². The molecule has 40 heavy (non-hydrogen) atoms. The van der Waals surface area contributed by atoms with Crippen molar-refractivity contribution in [1.82, 2.24) is 19.3 Å². The Morgan fingerprint density at radius 3 is 2.60 bits per heavy atom. The molecule has 0 unspecified atom stereocenters. The minimum absolute atomic E-state index is 0.0285. The molecule has 1 aliphatic rings. The number of hydrogen-bond acceptors (Lipinski definition) is 6. The Morgan fingerprint density at radius 1 is 1.15 bits per heavy atom. The Morgan fingerprint density at radius 2 is 1.90 bits per heavy atom. The van der Waals surface area contributed by atoms with Gasteiger partial charge in [-0.2, -0.15) is 0 Å². The molecule has 5 rings (SSSR count). The SMILES string of the molecule is C=Cc1ccc(S(=O)(=O)NC(=O)c2ccnc3c2nc(C)n3Cc2ccc(OCC3CCCCC3)cc2Cl)cc1. The zero-order valence-electron chi connectivity index (χ0n) is 22.3. The fourth-order valence-corrected chi connectivity index (χ4v) is 6.20. The average Bonchev–Trinajstić information content (AvgIpc) is 3.28. The molecule has 0 spiro atoms. The fraction of sp³-hybridized carbons (Fsp3) is 0.300. The number of benzene rings is 2. The number of aryl methyl sites for hydroxylation is 1. The molecular formula is C30H31ClN4O4S. The molecule has 208 valence electrons. The van der Waals surface area contributed by atoms with Crippen LogP contribution in [0, 0.1) is 12.8 Å². The minimum Gasteiger partial charge on any atom is -0.493 e. The van der Waals surface area contributed by atoms with Crippen LogP contribution in [0.25, 0.3) is 17.2 Å². The van der Waals surface area contributed by atoms with Crippen LogP contribution in [0.1, 0.15) is 59.4 Å². The van der Waals surface area contributed by atoms with Gasteiger partial charge >= 0.3 is 0 Å². The van der Waals surface area contributed by atoms with Gasteiger partial charge in [-0.05, 0) is 67.1 Å². The number of sulfonamides is 1. The van der Waals surface area contributed by atoms with Gasteiger partial charge in [0.1, 0.15) is 17.1 Å². The normalized spacial score (nSPS) is 14.2. The van der Waals surface area contributed by atoms with E-state index in [4.69, 9.17) is 16.3 Å². The standard InChI is InChI=1S/C30H31ClN4O4S/c1-3-21-9-13-25(14-10-21)40(37,38)34-30(36)26-15-16-32-29-28(26)33-20(2)35(29)18-23-11-12-24(17-27(23)31)39-19-22-7-5-4-6-8-22/h3,9-17,22H,1,4-8,18-19H2,2H3,(H,34,36). The molecule has 8 nitrogen and oxygen atoms in total. The van der Waals surface area contributed by atoms with Gasteiger partial charge in [0.25, 0.3) is 15.9 Å². The molecule has 4 aromatic rings. The van der Waals surface area contributed by atoms with Crippen molar-refractivity contribution in [3.63, 3.8) is 0 Å². The highest BCUT2D eigenvalue weighted by Crippen LogP contribution is 2.28. The maximum atomic E-state index is 13.1. The summed E-state index contributed by atoms with van der Waals surface area (Å²) in [5, 5.41) is 0.560. The first-order valence-corrected chi connectivity index (χ1v) is 15.1. The Kier molecular flexibility index (Phi) is 8.23. The highest BCUT2D eigenvalue weighted by molar-refractivity contribution is 7.90. The number of rotatable bonds is 9. The number of carbonyl (C=O) groups excluding carboxylic acids is 1. The first-order chi connectivity index (χ1) is 19.2. The highest BCUT2D eigenvalue weighted by Gasteiger charge is 2.23. The van der Waals surface area contributed by atoms with Gasteiger partial charge < -0.3 is 9.30 Å². The molecule has 2 aromatic heterocycles. The van der Waals surface area contributed by atoms with Crippen LogP contribution >= 0.6 is 11.6 Å². The minimum atomic E-state index is -4.09. The second kappa shape index (κ2) is 11.8. The summed E-state index contributed by atoms with van der Waals surface area (Å²) < 4.78 is 35.7. The average molecular weight is 579 g/mol. The third kappa shape index (κ3) is 6.05. The highest BCUT2D eigenvalue weighted by atomic mass is 35.5. The molecule has 0 bridgehead atoms. The lowest BCUT2D eigenvalue weighted by atomic mass is 9.90. The number of pyridine rings is 1. The van der Waals surface area contributed by atoms with E-state index < -0.39 is 15.9 Å². The lowest BCUT2D eigenvalue weighted by molar-refractivity contribution is 0.0982. The van der Waals surface area contributed by atoms with Crippen LogP contribution in [-0.4, -0.2) is 35.5 Å². The molecule has 0 saturated heterocycles. The number of carbonyl (C=O) groups is 1. The van der Waals surface area contributed by atoms with Gasteiger partial charge in [0.15, 0.2) is 5.65 Å². The van der Waals surface area contributed by atoms with Crippen LogP contribution in [0.15, 0.2) is 66.2 Å². The summed E-state index contributed by atoms with van der Waals surface area (Å²) in [5.74, 6) is 1.16. The van der Waals surface area contributed by atoms with Gasteiger partial charge in [-0.25, -0.2) is 23.1 Å². The molecule has 0 atom stereocenters. The monoisotopic (exact) mass is 578 g/mol. The number of aromatic nitrogens is 3. The van der Waals surface area contributed by atoms with E-state index in [1.165, 1.54) is 56.5 Å². The zero-order chi connectivity index (χ0) is 28.3. The summed E-state index contributed by atoms with van der Waals surface area (Å²) in [6.45, 7) is 6.53. The summed E-state index contributed by atoms with van der Waals surface area (Å²) in [7, 11) is -4.09. The van der Waals surface area contributed by atoms with Gasteiger partial charge in [-0.1, -0.05) is 61.7 Å². The second-order valence-electron chi connectivity index (χ2n) is 10.1. The third-order valence-corrected chi connectivity index (χ3v) is 8.98. The van der Waals surface area contributed by atoms with Crippen molar-refractivity contribution in [3.05, 3.63) is 88.8 Å². The fourth-order valence-electron chi connectivity index (χ4n) is 5.00. The van der Waals surface area contributed by atoms with Crippen LogP contribution in [-0.2, 0) is 16.6 Å². The van der Waals surface area contributed by atoms with Crippen LogP contribution in [0.2, 0.25) is 5.02 Å². The number of nitrogens with zero attached hydrogens (tertiary/aromatic N) is 3. The van der Waals surface area contributed by atoms with Crippen molar-refractivity contribution >= 4 is 44.8 Å². The van der Waals surface area contributed by atoms with Crippen LogP contribution in [0.5, 0.6) is 5.75 Å². The Labute approximate surface area is 239 Å². The van der Waals surface area contributed by atoms with Crippen LogP contribution < -0.4 is 9.46 Å². The van der Waals surface area contributed by atoms with Crippen molar-refractivity contribution in [2.75, 3.05) is 6.61 Å². The number of ether oxygens (including phenoxy) is 1. The predicted octanol–water partition coefficient (Wildman–Crippen LogP) is 6.16. The van der Waals surface area contributed by atoms with Gasteiger partial charge in [0.05, 0.1) is 23.6 Å². The van der Waals surface area contributed by atoms with Crippen LogP contribution in [0.3, 0.4) is 0 Å². The van der Waals surface area contributed by atoms with Gasteiger partial charge in [0, 0.05) is 11.2 Å². The topological polar surface area (TPSA) is 103 Å². The number of halogens is 1. The number of fused-ring (bicyclic) bond motifs is 1. The first kappa shape index (κ1) is 27.9. The molecule has 0 aliphatic heterocycles. The maximum absolute atomic E-state index is 13.1. The predicted molar refractivity (Wildman–Crippen MR) is 156 cm³/mol. The number of imidazole rings is 1. The largest absolute Gasteiger partial charge is 0.493 e. The molecule has 1 fully saturated rings. The Bertz CT molecular complexity index is 1660. The van der Waals surface area contributed by atoms with E-state index >= 15 is 0 Å². The lowest BCUT2D eigenvalue weighted by Crippen LogP contribution is -2.30. The van der Waals surface area contributed by atoms with E-state index in [0.717, 1.165) is 16.9 Å². The van der Waals surface area contributed by atoms with E-state index in [0.29, 0.717) is 41.1 Å². The van der Waals surface area contributed by atoms with Crippen molar-refractivity contribution in [2.45, 2.75) is 50.5 Å². The molecule has 0 radical (unpaired) electrons. The Hall–Kier alpha value is -3.69.